The highest BCUT2D eigenvalue weighted by molar-refractivity contribution is 6.17. The van der Waals surface area contributed by atoms with E-state index in [1.54, 1.807) is 0 Å². The van der Waals surface area contributed by atoms with Crippen LogP contribution in [0.2, 0.25) is 0 Å². The molecule has 0 bridgehead atoms. The van der Waals surface area contributed by atoms with E-state index in [0.717, 1.165) is 0 Å². The number of hydrogen-bond donors (Lipinski definition) is 0. The van der Waals surface area contributed by atoms with Gasteiger partial charge in [-0.15, -0.1) is 21.7 Å². The largest absolute Gasteiger partial charge is 0.314 e. The maximum absolute atomic E-state index is 9.41. The van der Waals surface area contributed by atoms with Gasteiger partial charge >= 0.3 is 0 Å². The molecule has 4 nitrogen and oxygen atoms in total. The molecule has 0 amide bonds. The summed E-state index contributed by atoms with van der Waals surface area (Å²) in [5.41, 5.74) is 0. The average Bonchev–Trinajstić information content (AvgIpc) is 1.66. The second-order valence-corrected chi connectivity index (χ2v) is 1.48. The van der Waals surface area contributed by atoms with E-state index in [1.165, 1.54) is 0 Å². The smallest absolute Gasteiger partial charge is 0.294 e. The van der Waals surface area contributed by atoms with Crippen LogP contribution in [0.3, 0.4) is 0 Å². The Morgan fingerprint density at radius 2 is 2.38 bits per heavy atom. The lowest BCUT2D eigenvalue weighted by Crippen LogP contribution is -2.01. The molecule has 0 fully saturated rings. The fourth-order valence-corrected chi connectivity index (χ4v) is 0.303. The molecule has 5 heteroatoms. The van der Waals surface area contributed by atoms with Gasteiger partial charge in [-0.2, -0.15) is 0 Å². The van der Waals surface area contributed by atoms with Gasteiger partial charge in [0.1, 0.15) is 0 Å². The molecule has 0 saturated carbocycles. The molecule has 0 aliphatic rings. The zero-order chi connectivity index (χ0) is 6.41. The summed E-state index contributed by atoms with van der Waals surface area (Å²) in [6.07, 6.45) is 0.516. The molecule has 0 saturated heterocycles. The van der Waals surface area contributed by atoms with Crippen LogP contribution in [0.1, 0.15) is 6.42 Å². The van der Waals surface area contributed by atoms with Crippen LogP contribution in [0, 0.1) is 10.1 Å². The van der Waals surface area contributed by atoms with E-state index in [4.69, 9.17) is 11.6 Å². The predicted octanol–water partition coefficient (Wildman–Crippen LogP) is 0.824. The van der Waals surface area contributed by atoms with Gasteiger partial charge < -0.3 is 4.84 Å². The van der Waals surface area contributed by atoms with Crippen molar-refractivity contribution < 1.29 is 9.92 Å². The molecule has 0 radical (unpaired) electrons. The van der Waals surface area contributed by atoms with E-state index >= 15 is 0 Å². The van der Waals surface area contributed by atoms with Gasteiger partial charge in [0.25, 0.3) is 5.09 Å². The first-order valence-corrected chi connectivity index (χ1v) is 2.64. The third kappa shape index (κ3) is 5.49. The summed E-state index contributed by atoms with van der Waals surface area (Å²) in [6, 6.07) is 0. The quantitative estimate of drug-likeness (QED) is 0.251. The van der Waals surface area contributed by atoms with Gasteiger partial charge in [-0.05, 0) is 6.42 Å². The molecule has 0 aromatic heterocycles. The Morgan fingerprint density at radius 1 is 1.75 bits per heavy atom. The summed E-state index contributed by atoms with van der Waals surface area (Å²) in [5.74, 6) is 0.397. The Balaban J connectivity index is 2.82. The normalized spacial score (nSPS) is 8.62. The molecule has 0 aliphatic carbocycles. The Bertz CT molecular complexity index is 76.9. The van der Waals surface area contributed by atoms with Crippen LogP contribution in [-0.2, 0) is 4.84 Å². The monoisotopic (exact) mass is 139 g/mol. The van der Waals surface area contributed by atoms with Gasteiger partial charge in [0.15, 0.2) is 0 Å². The van der Waals surface area contributed by atoms with Crippen molar-refractivity contribution in [1.82, 2.24) is 0 Å². The summed E-state index contributed by atoms with van der Waals surface area (Å²) in [5, 5.41) is 8.59. The molecule has 48 valence electrons. The molecule has 0 aliphatic heterocycles. The summed E-state index contributed by atoms with van der Waals surface area (Å²) in [7, 11) is 0. The van der Waals surface area contributed by atoms with Crippen LogP contribution >= 0.6 is 11.6 Å². The minimum absolute atomic E-state index is 0.0938. The molecule has 0 atom stereocenters. The van der Waals surface area contributed by atoms with Gasteiger partial charge in [0.05, 0.1) is 6.61 Å². The summed E-state index contributed by atoms with van der Waals surface area (Å²) < 4.78 is 0. The van der Waals surface area contributed by atoms with Crippen LogP contribution < -0.4 is 0 Å². The Morgan fingerprint density at radius 3 is 2.75 bits per heavy atom. The fourth-order valence-electron chi connectivity index (χ4n) is 0.194. The highest BCUT2D eigenvalue weighted by atomic mass is 35.5. The topological polar surface area (TPSA) is 52.4 Å². The maximum atomic E-state index is 9.41. The van der Waals surface area contributed by atoms with Crippen LogP contribution in [0.15, 0.2) is 0 Å². The van der Waals surface area contributed by atoms with Crippen molar-refractivity contribution in [3.63, 3.8) is 0 Å². The van der Waals surface area contributed by atoms with Crippen molar-refractivity contribution in [3.8, 4) is 0 Å². The molecule has 0 aromatic carbocycles. The lowest BCUT2D eigenvalue weighted by molar-refractivity contribution is -0.757. The average molecular weight is 140 g/mol. The summed E-state index contributed by atoms with van der Waals surface area (Å²) >= 11 is 5.18. The number of nitrogens with zero attached hydrogens (tertiary/aromatic N) is 1. The van der Waals surface area contributed by atoms with Gasteiger partial charge in [0.2, 0.25) is 0 Å². The molecular weight excluding hydrogens is 133 g/mol. The standard InChI is InChI=1S/C3H6ClNO3/c4-2-1-3-8-5(6)7/h1-3H2. The first kappa shape index (κ1) is 7.49. The van der Waals surface area contributed by atoms with E-state index in [9.17, 15) is 10.1 Å². The van der Waals surface area contributed by atoms with Gasteiger partial charge in [-0.25, -0.2) is 0 Å². The first-order chi connectivity index (χ1) is 3.77. The lowest BCUT2D eigenvalue weighted by Gasteiger charge is -1.91. The van der Waals surface area contributed by atoms with Crippen LogP contribution in [0.5, 0.6) is 0 Å². The van der Waals surface area contributed by atoms with Crippen LogP contribution in [-0.4, -0.2) is 17.6 Å². The number of halogens is 1. The minimum atomic E-state index is -0.827. The van der Waals surface area contributed by atoms with Crippen molar-refractivity contribution >= 4 is 11.6 Å². The Kier molecular flexibility index (Phi) is 4.35. The zero-order valence-corrected chi connectivity index (χ0v) is 4.93. The Labute approximate surface area is 51.5 Å². The highest BCUT2D eigenvalue weighted by Gasteiger charge is 1.90. The zero-order valence-electron chi connectivity index (χ0n) is 4.17. The van der Waals surface area contributed by atoms with E-state index in [0.29, 0.717) is 12.3 Å². The van der Waals surface area contributed by atoms with Gasteiger partial charge in [-0.1, -0.05) is 0 Å². The molecule has 0 N–H and O–H groups in total. The van der Waals surface area contributed by atoms with Gasteiger partial charge in [-0.3, -0.25) is 0 Å². The first-order valence-electron chi connectivity index (χ1n) is 2.10. The van der Waals surface area contributed by atoms with Crippen molar-refractivity contribution in [1.29, 1.82) is 0 Å². The SMILES string of the molecule is O=[N+]([O-])OCCCCl. The highest BCUT2D eigenvalue weighted by Crippen LogP contribution is 1.84. The molecule has 0 heterocycles. The molecule has 8 heavy (non-hydrogen) atoms. The summed E-state index contributed by atoms with van der Waals surface area (Å²) in [4.78, 5) is 13.3. The molecule has 0 rings (SSSR count). The van der Waals surface area contributed by atoms with Crippen molar-refractivity contribution in [2.45, 2.75) is 6.42 Å². The second kappa shape index (κ2) is 4.64. The van der Waals surface area contributed by atoms with Crippen molar-refractivity contribution in [3.05, 3.63) is 10.1 Å². The van der Waals surface area contributed by atoms with Crippen LogP contribution in [0.4, 0.5) is 0 Å². The van der Waals surface area contributed by atoms with Gasteiger partial charge in [0, 0.05) is 5.88 Å². The number of hydrogen-bond acceptors (Lipinski definition) is 3. The number of alkyl halides is 1. The molecule has 0 aromatic rings. The summed E-state index contributed by atoms with van der Waals surface area (Å²) in [6.45, 7) is 0.0938. The minimum Gasteiger partial charge on any atom is -0.314 e. The fraction of sp³-hybridized carbons (Fsp3) is 1.00. The van der Waals surface area contributed by atoms with Crippen molar-refractivity contribution in [2.75, 3.05) is 12.5 Å². The Hall–Kier alpha value is -0.510. The van der Waals surface area contributed by atoms with E-state index in [1.807, 2.05) is 0 Å². The molecular formula is C3H6ClNO3. The predicted molar refractivity (Wildman–Crippen MR) is 28.3 cm³/mol. The second-order valence-electron chi connectivity index (χ2n) is 1.10. The van der Waals surface area contributed by atoms with Crippen LogP contribution in [0.25, 0.3) is 0 Å². The number of rotatable bonds is 4. The van der Waals surface area contributed by atoms with Crippen molar-refractivity contribution in [2.24, 2.45) is 0 Å². The van der Waals surface area contributed by atoms with E-state index in [-0.39, 0.29) is 6.61 Å². The van der Waals surface area contributed by atoms with E-state index in [2.05, 4.69) is 4.84 Å². The third-order valence-corrected chi connectivity index (χ3v) is 0.742. The lowest BCUT2D eigenvalue weighted by atomic mass is 10.5. The molecule has 0 unspecified atom stereocenters. The third-order valence-electron chi connectivity index (χ3n) is 0.475. The molecule has 0 spiro atoms. The van der Waals surface area contributed by atoms with E-state index < -0.39 is 5.09 Å². The maximum Gasteiger partial charge on any atom is 0.294 e.